The molecule has 1 aromatic heterocycles. The van der Waals surface area contributed by atoms with E-state index in [1.54, 1.807) is 26.8 Å². The van der Waals surface area contributed by atoms with Crippen LogP contribution in [0, 0.1) is 20.8 Å². The lowest BCUT2D eigenvalue weighted by Crippen LogP contribution is -2.58. The molecule has 1 saturated heterocycles. The average Bonchev–Trinajstić information content (AvgIpc) is 2.72. The number of likely N-dealkylation sites (N-methyl/N-ethyl adjacent to an activating group) is 2. The summed E-state index contributed by atoms with van der Waals surface area (Å²) >= 11 is 0. The number of aryl methyl sites for hydroxylation is 2. The smallest absolute Gasteiger partial charge is 0.416 e. The van der Waals surface area contributed by atoms with Crippen molar-refractivity contribution < 1.29 is 27.9 Å². The molecular weight excluding hydrogens is 465 g/mol. The number of benzene rings is 1. The van der Waals surface area contributed by atoms with Gasteiger partial charge in [0.2, 0.25) is 0 Å². The number of carbonyl (C=O) groups excluding carboxylic acids is 1. The first kappa shape index (κ1) is 27.9. The Kier molecular flexibility index (Phi) is 9.08. The van der Waals surface area contributed by atoms with Gasteiger partial charge in [-0.05, 0) is 64.1 Å². The lowest BCUT2D eigenvalue weighted by atomic mass is 9.98. The van der Waals surface area contributed by atoms with Gasteiger partial charge < -0.3 is 25.2 Å². The molecule has 1 aliphatic heterocycles. The van der Waals surface area contributed by atoms with Gasteiger partial charge >= 0.3 is 6.18 Å². The molecule has 1 amide bonds. The summed E-state index contributed by atoms with van der Waals surface area (Å²) in [5.74, 6) is -0.643. The summed E-state index contributed by atoms with van der Waals surface area (Å²) in [5, 5.41) is 9.52. The maximum absolute atomic E-state index is 13.7. The van der Waals surface area contributed by atoms with Crippen LogP contribution in [0.5, 0.6) is 0 Å². The third kappa shape index (κ3) is 6.62. The SMILES string of the molecule is CCN(c1cc(C(F)(F)F)cc(C(=O)NCc2c(C)cc(C)[nH]c2=O)c1C)C1CN(C)C1.O=CO. The summed E-state index contributed by atoms with van der Waals surface area (Å²) in [6, 6.07) is 3.90. The first-order chi connectivity index (χ1) is 16.3. The van der Waals surface area contributed by atoms with Crippen molar-refractivity contribution in [3.05, 3.63) is 62.1 Å². The van der Waals surface area contributed by atoms with E-state index in [9.17, 15) is 22.8 Å². The number of hydrogen-bond donors (Lipinski definition) is 3. The highest BCUT2D eigenvalue weighted by Gasteiger charge is 2.35. The standard InChI is InChI=1S/C23H29F3N4O2.CH2O2/c1-6-30(17-11-29(5)12-17)20-9-16(23(24,25)26)8-18(15(20)4)21(31)27-10-19-13(2)7-14(3)28-22(19)32;2-1-3/h7-9,17H,6,10-12H2,1-5H3,(H,27,31)(H,28,32);1H,(H,2,3). The quantitative estimate of drug-likeness (QED) is 0.531. The predicted molar refractivity (Wildman–Crippen MR) is 127 cm³/mol. The Morgan fingerprint density at radius 2 is 1.86 bits per heavy atom. The molecule has 0 radical (unpaired) electrons. The molecule has 35 heavy (non-hydrogen) atoms. The first-order valence-electron chi connectivity index (χ1n) is 11.1. The lowest BCUT2D eigenvalue weighted by Gasteiger charge is -2.45. The predicted octanol–water partition coefficient (Wildman–Crippen LogP) is 3.09. The summed E-state index contributed by atoms with van der Waals surface area (Å²) in [6.45, 7) is 8.77. The van der Waals surface area contributed by atoms with E-state index in [1.807, 2.05) is 18.9 Å². The largest absolute Gasteiger partial charge is 0.483 e. The summed E-state index contributed by atoms with van der Waals surface area (Å²) in [6.07, 6.45) is -4.59. The maximum Gasteiger partial charge on any atom is 0.416 e. The van der Waals surface area contributed by atoms with Gasteiger partial charge in [0.05, 0.1) is 11.6 Å². The summed E-state index contributed by atoms with van der Waals surface area (Å²) in [7, 11) is 1.96. The number of likely N-dealkylation sites (tertiary alicyclic amines) is 1. The van der Waals surface area contributed by atoms with Gasteiger partial charge in [0.1, 0.15) is 0 Å². The molecule has 11 heteroatoms. The summed E-state index contributed by atoms with van der Waals surface area (Å²) < 4.78 is 41.0. The number of nitrogens with one attached hydrogen (secondary N) is 2. The molecule has 2 aromatic rings. The highest BCUT2D eigenvalue weighted by atomic mass is 19.4. The summed E-state index contributed by atoms with van der Waals surface area (Å²) in [5.41, 5.74) is 1.45. The van der Waals surface area contributed by atoms with Crippen molar-refractivity contribution >= 4 is 18.1 Å². The Morgan fingerprint density at radius 3 is 2.34 bits per heavy atom. The molecule has 0 spiro atoms. The van der Waals surface area contributed by atoms with Gasteiger partial charge in [-0.1, -0.05) is 0 Å². The second-order valence-corrected chi connectivity index (χ2v) is 8.56. The number of pyridine rings is 1. The number of carboxylic acid groups (broad SMARTS) is 1. The van der Waals surface area contributed by atoms with Crippen molar-refractivity contribution in [1.29, 1.82) is 0 Å². The molecule has 0 unspecified atom stereocenters. The fraction of sp³-hybridized carbons (Fsp3) is 0.458. The van der Waals surface area contributed by atoms with Gasteiger partial charge in [-0.15, -0.1) is 0 Å². The van der Waals surface area contributed by atoms with Crippen LogP contribution in [0.3, 0.4) is 0 Å². The highest BCUT2D eigenvalue weighted by molar-refractivity contribution is 5.97. The number of nitrogens with zero attached hydrogens (tertiary/aromatic N) is 2. The van der Waals surface area contributed by atoms with Gasteiger partial charge in [-0.25, -0.2) is 0 Å². The molecule has 1 aliphatic rings. The number of aromatic nitrogens is 1. The van der Waals surface area contributed by atoms with Gasteiger partial charge in [0, 0.05) is 48.7 Å². The lowest BCUT2D eigenvalue weighted by molar-refractivity contribution is -0.137. The molecule has 1 fully saturated rings. The molecular formula is C24H31F3N4O4. The molecule has 1 aromatic carbocycles. The maximum atomic E-state index is 13.7. The zero-order valence-corrected chi connectivity index (χ0v) is 20.4. The second-order valence-electron chi connectivity index (χ2n) is 8.56. The van der Waals surface area contributed by atoms with Crippen LogP contribution >= 0.6 is 0 Å². The van der Waals surface area contributed by atoms with E-state index in [-0.39, 0.29) is 30.2 Å². The van der Waals surface area contributed by atoms with Crippen LogP contribution in [-0.4, -0.2) is 60.1 Å². The fourth-order valence-electron chi connectivity index (χ4n) is 4.25. The van der Waals surface area contributed by atoms with Gasteiger partial charge in [-0.3, -0.25) is 14.4 Å². The molecule has 0 bridgehead atoms. The van der Waals surface area contributed by atoms with E-state index in [4.69, 9.17) is 9.90 Å². The van der Waals surface area contributed by atoms with E-state index >= 15 is 0 Å². The van der Waals surface area contributed by atoms with Crippen LogP contribution in [0.4, 0.5) is 18.9 Å². The van der Waals surface area contributed by atoms with Crippen molar-refractivity contribution in [2.75, 3.05) is 31.6 Å². The number of halogens is 3. The van der Waals surface area contributed by atoms with Crippen LogP contribution in [0.15, 0.2) is 23.0 Å². The molecule has 2 heterocycles. The van der Waals surface area contributed by atoms with Crippen molar-refractivity contribution in [1.82, 2.24) is 15.2 Å². The number of rotatable bonds is 6. The minimum atomic E-state index is -4.59. The van der Waals surface area contributed by atoms with Crippen molar-refractivity contribution in [3.63, 3.8) is 0 Å². The minimum absolute atomic E-state index is 0.0397. The normalized spacial score (nSPS) is 13.9. The molecule has 0 saturated carbocycles. The van der Waals surface area contributed by atoms with Gasteiger partial charge in [0.15, 0.2) is 0 Å². The average molecular weight is 497 g/mol. The Balaban J connectivity index is 0.00000137. The van der Waals surface area contributed by atoms with Gasteiger partial charge in [-0.2, -0.15) is 13.2 Å². The molecule has 3 rings (SSSR count). The number of anilines is 1. The van der Waals surface area contributed by atoms with Crippen LogP contribution in [0.25, 0.3) is 0 Å². The van der Waals surface area contributed by atoms with Crippen molar-refractivity contribution in [3.8, 4) is 0 Å². The number of amides is 1. The molecule has 0 atom stereocenters. The number of H-pyrrole nitrogens is 1. The first-order valence-corrected chi connectivity index (χ1v) is 11.1. The monoisotopic (exact) mass is 496 g/mol. The zero-order valence-electron chi connectivity index (χ0n) is 20.4. The summed E-state index contributed by atoms with van der Waals surface area (Å²) in [4.78, 5) is 40.2. The van der Waals surface area contributed by atoms with Crippen molar-refractivity contribution in [2.24, 2.45) is 0 Å². The van der Waals surface area contributed by atoms with E-state index in [1.165, 1.54) is 0 Å². The third-order valence-electron chi connectivity index (χ3n) is 6.01. The number of aromatic amines is 1. The number of carbonyl (C=O) groups is 2. The Morgan fingerprint density at radius 1 is 1.26 bits per heavy atom. The van der Waals surface area contributed by atoms with Crippen LogP contribution in [-0.2, 0) is 17.5 Å². The van der Waals surface area contributed by atoms with E-state index in [0.29, 0.717) is 34.6 Å². The van der Waals surface area contributed by atoms with Crippen LogP contribution in [0.1, 0.15) is 45.2 Å². The second kappa shape index (κ2) is 11.4. The zero-order chi connectivity index (χ0) is 26.5. The van der Waals surface area contributed by atoms with E-state index in [2.05, 4.69) is 15.2 Å². The van der Waals surface area contributed by atoms with Gasteiger partial charge in [0.25, 0.3) is 17.9 Å². The molecule has 8 nitrogen and oxygen atoms in total. The number of alkyl halides is 3. The number of hydrogen-bond acceptors (Lipinski definition) is 5. The topological polar surface area (TPSA) is 106 Å². The molecule has 3 N–H and O–H groups in total. The Labute approximate surface area is 201 Å². The third-order valence-corrected chi connectivity index (χ3v) is 6.01. The van der Waals surface area contributed by atoms with Crippen LogP contribution in [0.2, 0.25) is 0 Å². The van der Waals surface area contributed by atoms with Crippen LogP contribution < -0.4 is 15.8 Å². The fourth-order valence-corrected chi connectivity index (χ4v) is 4.25. The van der Waals surface area contributed by atoms with E-state index in [0.717, 1.165) is 25.2 Å². The Bertz CT molecular complexity index is 1120. The molecule has 192 valence electrons. The molecule has 0 aliphatic carbocycles. The minimum Gasteiger partial charge on any atom is -0.483 e. The highest BCUT2D eigenvalue weighted by Crippen LogP contribution is 2.36. The van der Waals surface area contributed by atoms with Crippen molar-refractivity contribution in [2.45, 2.75) is 46.5 Å². The Hall–Kier alpha value is -3.34. The van der Waals surface area contributed by atoms with E-state index < -0.39 is 17.6 Å².